The second-order valence-electron chi connectivity index (χ2n) is 5.41. The van der Waals surface area contributed by atoms with Crippen molar-refractivity contribution >= 4 is 5.97 Å². The standard InChI is InChI=1S/C15H18O2.C2H6/c1-9-12-4-2-3-11(12)7-14(10-5-6-10)13(9)8-15(16)17;1-2/h7,10H,2-6,8H2,1H3,(H,16,17);1-2H3. The zero-order valence-corrected chi connectivity index (χ0v) is 12.3. The van der Waals surface area contributed by atoms with Crippen LogP contribution in [0.15, 0.2) is 6.07 Å². The highest BCUT2D eigenvalue weighted by Gasteiger charge is 2.30. The van der Waals surface area contributed by atoms with Gasteiger partial charge in [0, 0.05) is 0 Å². The first-order chi connectivity index (χ1) is 9.16. The molecule has 2 aliphatic carbocycles. The van der Waals surface area contributed by atoms with Crippen LogP contribution in [-0.4, -0.2) is 11.1 Å². The summed E-state index contributed by atoms with van der Waals surface area (Å²) in [6.45, 7) is 6.12. The van der Waals surface area contributed by atoms with E-state index in [0.717, 1.165) is 12.0 Å². The highest BCUT2D eigenvalue weighted by molar-refractivity contribution is 5.72. The summed E-state index contributed by atoms with van der Waals surface area (Å²) >= 11 is 0. The molecule has 1 aromatic rings. The molecule has 2 aliphatic rings. The molecule has 2 heteroatoms. The van der Waals surface area contributed by atoms with E-state index in [2.05, 4.69) is 13.0 Å². The van der Waals surface area contributed by atoms with Gasteiger partial charge in [0.05, 0.1) is 6.42 Å². The summed E-state index contributed by atoms with van der Waals surface area (Å²) in [7, 11) is 0. The van der Waals surface area contributed by atoms with Crippen molar-refractivity contribution in [1.29, 1.82) is 0 Å². The minimum Gasteiger partial charge on any atom is -0.481 e. The Morgan fingerprint density at radius 1 is 1.32 bits per heavy atom. The van der Waals surface area contributed by atoms with E-state index in [1.807, 2.05) is 13.8 Å². The van der Waals surface area contributed by atoms with E-state index in [-0.39, 0.29) is 6.42 Å². The van der Waals surface area contributed by atoms with Gasteiger partial charge in [-0.1, -0.05) is 19.9 Å². The summed E-state index contributed by atoms with van der Waals surface area (Å²) in [5, 5.41) is 9.07. The number of fused-ring (bicyclic) bond motifs is 1. The molecule has 0 heterocycles. The molecule has 1 aromatic carbocycles. The van der Waals surface area contributed by atoms with E-state index in [1.54, 1.807) is 0 Å². The Labute approximate surface area is 115 Å². The molecule has 0 saturated heterocycles. The van der Waals surface area contributed by atoms with Gasteiger partial charge in [-0.15, -0.1) is 0 Å². The van der Waals surface area contributed by atoms with Crippen molar-refractivity contribution in [3.05, 3.63) is 33.9 Å². The molecule has 3 rings (SSSR count). The molecule has 1 N–H and O–H groups in total. The Hall–Kier alpha value is -1.31. The average Bonchev–Trinajstić information content (AvgIpc) is 3.13. The lowest BCUT2D eigenvalue weighted by Crippen LogP contribution is -2.08. The molecular weight excluding hydrogens is 236 g/mol. The number of benzene rings is 1. The number of aliphatic carboxylic acids is 1. The molecule has 1 saturated carbocycles. The van der Waals surface area contributed by atoms with Crippen molar-refractivity contribution in [3.63, 3.8) is 0 Å². The van der Waals surface area contributed by atoms with Crippen molar-refractivity contribution in [2.24, 2.45) is 0 Å². The molecule has 0 radical (unpaired) electrons. The van der Waals surface area contributed by atoms with Crippen LogP contribution in [-0.2, 0) is 24.1 Å². The number of carbonyl (C=O) groups is 1. The lowest BCUT2D eigenvalue weighted by molar-refractivity contribution is -0.136. The number of rotatable bonds is 3. The van der Waals surface area contributed by atoms with Crippen LogP contribution in [0.25, 0.3) is 0 Å². The third kappa shape index (κ3) is 2.83. The van der Waals surface area contributed by atoms with Gasteiger partial charge in [0.15, 0.2) is 0 Å². The summed E-state index contributed by atoms with van der Waals surface area (Å²) in [4.78, 5) is 11.0. The monoisotopic (exact) mass is 260 g/mol. The van der Waals surface area contributed by atoms with Gasteiger partial charge < -0.3 is 5.11 Å². The first-order valence-corrected chi connectivity index (χ1v) is 7.52. The Kier molecular flexibility index (Phi) is 4.28. The Morgan fingerprint density at radius 3 is 2.58 bits per heavy atom. The van der Waals surface area contributed by atoms with Crippen LogP contribution in [0.5, 0.6) is 0 Å². The number of hydrogen-bond donors (Lipinski definition) is 1. The normalized spacial score (nSPS) is 16.6. The fourth-order valence-corrected chi connectivity index (χ4v) is 3.17. The maximum absolute atomic E-state index is 11.0. The van der Waals surface area contributed by atoms with Crippen molar-refractivity contribution in [3.8, 4) is 0 Å². The summed E-state index contributed by atoms with van der Waals surface area (Å²) < 4.78 is 0. The Morgan fingerprint density at radius 2 is 2.00 bits per heavy atom. The number of aryl methyl sites for hydroxylation is 1. The lowest BCUT2D eigenvalue weighted by atomic mass is 9.90. The maximum Gasteiger partial charge on any atom is 0.307 e. The predicted molar refractivity (Wildman–Crippen MR) is 77.9 cm³/mol. The van der Waals surface area contributed by atoms with Crippen molar-refractivity contribution in [2.75, 3.05) is 0 Å². The van der Waals surface area contributed by atoms with E-state index >= 15 is 0 Å². The highest BCUT2D eigenvalue weighted by atomic mass is 16.4. The van der Waals surface area contributed by atoms with Crippen LogP contribution in [0, 0.1) is 6.92 Å². The highest BCUT2D eigenvalue weighted by Crippen LogP contribution is 2.44. The molecular formula is C17H24O2. The molecule has 104 valence electrons. The van der Waals surface area contributed by atoms with E-state index < -0.39 is 5.97 Å². The Bertz CT molecular complexity index is 485. The predicted octanol–water partition coefficient (Wildman–Crippen LogP) is 4.01. The second kappa shape index (κ2) is 5.77. The van der Waals surface area contributed by atoms with Crippen molar-refractivity contribution in [2.45, 2.75) is 65.2 Å². The summed E-state index contributed by atoms with van der Waals surface area (Å²) in [6.07, 6.45) is 6.24. The van der Waals surface area contributed by atoms with E-state index in [0.29, 0.717) is 5.92 Å². The topological polar surface area (TPSA) is 37.3 Å². The fraction of sp³-hybridized carbons (Fsp3) is 0.588. The van der Waals surface area contributed by atoms with Gasteiger partial charge in [-0.25, -0.2) is 0 Å². The quantitative estimate of drug-likeness (QED) is 0.891. The SMILES string of the molecule is CC.Cc1c2c(cc(C3CC3)c1CC(=O)O)CCC2. The lowest BCUT2D eigenvalue weighted by Gasteiger charge is -2.15. The van der Waals surface area contributed by atoms with Gasteiger partial charge in [0.25, 0.3) is 0 Å². The zero-order chi connectivity index (χ0) is 14.0. The molecule has 0 aliphatic heterocycles. The second-order valence-corrected chi connectivity index (χ2v) is 5.41. The molecule has 0 spiro atoms. The first-order valence-electron chi connectivity index (χ1n) is 7.52. The van der Waals surface area contributed by atoms with Crippen LogP contribution >= 0.6 is 0 Å². The number of carboxylic acids is 1. The molecule has 19 heavy (non-hydrogen) atoms. The maximum atomic E-state index is 11.0. The fourth-order valence-electron chi connectivity index (χ4n) is 3.17. The van der Waals surface area contributed by atoms with Crippen LogP contribution in [0.4, 0.5) is 0 Å². The molecule has 0 aromatic heterocycles. The summed E-state index contributed by atoms with van der Waals surface area (Å²) in [5.74, 6) is -0.0538. The van der Waals surface area contributed by atoms with Gasteiger partial charge in [0.1, 0.15) is 0 Å². The van der Waals surface area contributed by atoms with E-state index in [1.165, 1.54) is 47.9 Å². The smallest absolute Gasteiger partial charge is 0.307 e. The molecule has 0 amide bonds. The molecule has 0 atom stereocenters. The van der Waals surface area contributed by atoms with E-state index in [4.69, 9.17) is 5.11 Å². The van der Waals surface area contributed by atoms with Gasteiger partial charge in [-0.3, -0.25) is 4.79 Å². The minimum absolute atomic E-state index is 0.199. The molecule has 0 unspecified atom stereocenters. The van der Waals surface area contributed by atoms with Gasteiger partial charge in [-0.05, 0) is 72.8 Å². The van der Waals surface area contributed by atoms with Crippen LogP contribution in [0.1, 0.15) is 66.8 Å². The third-order valence-electron chi connectivity index (χ3n) is 4.19. The average molecular weight is 260 g/mol. The van der Waals surface area contributed by atoms with Crippen molar-refractivity contribution in [1.82, 2.24) is 0 Å². The zero-order valence-electron chi connectivity index (χ0n) is 12.3. The van der Waals surface area contributed by atoms with E-state index in [9.17, 15) is 4.79 Å². The van der Waals surface area contributed by atoms with Gasteiger partial charge in [0.2, 0.25) is 0 Å². The summed E-state index contributed by atoms with van der Waals surface area (Å²) in [5.41, 5.74) is 6.64. The first kappa shape index (κ1) is 14.1. The largest absolute Gasteiger partial charge is 0.481 e. The molecule has 2 nitrogen and oxygen atoms in total. The minimum atomic E-state index is -0.701. The van der Waals surface area contributed by atoms with Gasteiger partial charge >= 0.3 is 5.97 Å². The molecule has 0 bridgehead atoms. The number of carboxylic acid groups (broad SMARTS) is 1. The Balaban J connectivity index is 0.000000637. The number of hydrogen-bond acceptors (Lipinski definition) is 1. The van der Waals surface area contributed by atoms with Crippen molar-refractivity contribution < 1.29 is 9.90 Å². The third-order valence-corrected chi connectivity index (χ3v) is 4.19. The molecule has 1 fully saturated rings. The van der Waals surface area contributed by atoms with Crippen LogP contribution in [0.3, 0.4) is 0 Å². The van der Waals surface area contributed by atoms with Crippen LogP contribution in [0.2, 0.25) is 0 Å². The van der Waals surface area contributed by atoms with Crippen LogP contribution < -0.4 is 0 Å². The van der Waals surface area contributed by atoms with Gasteiger partial charge in [-0.2, -0.15) is 0 Å². The summed E-state index contributed by atoms with van der Waals surface area (Å²) in [6, 6.07) is 2.31.